The lowest BCUT2D eigenvalue weighted by Gasteiger charge is -2.42. The lowest BCUT2D eigenvalue weighted by Crippen LogP contribution is -2.55. The highest BCUT2D eigenvalue weighted by Crippen LogP contribution is 2.33. The zero-order valence-electron chi connectivity index (χ0n) is 21.5. The number of ether oxygens (including phenoxy) is 5. The molecule has 1 amide bonds. The van der Waals surface area contributed by atoms with Crippen molar-refractivity contribution >= 4 is 12.1 Å². The molecule has 0 radical (unpaired) electrons. The van der Waals surface area contributed by atoms with Gasteiger partial charge in [-0.15, -0.1) is 0 Å². The Hall–Kier alpha value is -1.38. The molecule has 1 aliphatic carbocycles. The van der Waals surface area contributed by atoms with Crippen molar-refractivity contribution in [3.8, 4) is 0 Å². The topological polar surface area (TPSA) is 83.5 Å². The molecule has 8 heteroatoms. The van der Waals surface area contributed by atoms with Gasteiger partial charge >= 0.3 is 12.1 Å². The molecule has 1 aliphatic heterocycles. The van der Waals surface area contributed by atoms with E-state index in [0.29, 0.717) is 32.3 Å². The standard InChI is InChI=1S/C25H45NO7/c1-7-29-17-32-22-10-9-15-26(24(28)33-25(4,5)6)21(22)16-31-20-13-11-19(12-14-20)18(3)23(27)30-8-2/h18-22H,7-17H2,1-6H3. The number of amides is 1. The van der Waals surface area contributed by atoms with Crippen molar-refractivity contribution < 1.29 is 33.3 Å². The molecule has 0 bridgehead atoms. The molecule has 8 nitrogen and oxygen atoms in total. The normalized spacial score (nSPS) is 27.2. The molecule has 2 rings (SSSR count). The molecule has 33 heavy (non-hydrogen) atoms. The molecule has 2 aliphatic rings. The van der Waals surface area contributed by atoms with E-state index < -0.39 is 5.60 Å². The van der Waals surface area contributed by atoms with E-state index in [2.05, 4.69) is 0 Å². The Balaban J connectivity index is 1.94. The van der Waals surface area contributed by atoms with Gasteiger partial charge in [0, 0.05) is 13.2 Å². The highest BCUT2D eigenvalue weighted by Gasteiger charge is 2.38. The molecule has 0 aromatic carbocycles. The van der Waals surface area contributed by atoms with Crippen LogP contribution in [0.3, 0.4) is 0 Å². The summed E-state index contributed by atoms with van der Waals surface area (Å²) in [6.45, 7) is 13.6. The maximum absolute atomic E-state index is 12.9. The van der Waals surface area contributed by atoms with E-state index in [0.717, 1.165) is 38.5 Å². The summed E-state index contributed by atoms with van der Waals surface area (Å²) in [6, 6.07) is -0.217. The molecule has 1 saturated carbocycles. The van der Waals surface area contributed by atoms with Gasteiger partial charge in [0.25, 0.3) is 0 Å². The Morgan fingerprint density at radius 2 is 1.70 bits per heavy atom. The van der Waals surface area contributed by atoms with Crippen molar-refractivity contribution in [2.75, 3.05) is 33.2 Å². The first-order valence-electron chi connectivity index (χ1n) is 12.6. The average Bonchev–Trinajstić information content (AvgIpc) is 2.77. The Morgan fingerprint density at radius 1 is 1.00 bits per heavy atom. The van der Waals surface area contributed by atoms with Crippen LogP contribution in [0.25, 0.3) is 0 Å². The molecule has 0 aromatic heterocycles. The fourth-order valence-electron chi connectivity index (χ4n) is 4.64. The Labute approximate surface area is 199 Å². The van der Waals surface area contributed by atoms with Crippen LogP contribution in [0.5, 0.6) is 0 Å². The number of hydrogen-bond acceptors (Lipinski definition) is 7. The summed E-state index contributed by atoms with van der Waals surface area (Å²) in [5.74, 6) is 0.147. The number of nitrogens with zero attached hydrogens (tertiary/aromatic N) is 1. The van der Waals surface area contributed by atoms with E-state index in [9.17, 15) is 9.59 Å². The quantitative estimate of drug-likeness (QED) is 0.263. The smallest absolute Gasteiger partial charge is 0.410 e. The minimum atomic E-state index is -0.560. The van der Waals surface area contributed by atoms with Crippen LogP contribution in [-0.2, 0) is 28.5 Å². The SMILES string of the molecule is CCOCOC1CCCN(C(=O)OC(C)(C)C)C1COC1CCC(C(C)C(=O)OCC)CC1. The fraction of sp³-hybridized carbons (Fsp3) is 0.920. The maximum atomic E-state index is 12.9. The largest absolute Gasteiger partial charge is 0.466 e. The van der Waals surface area contributed by atoms with Gasteiger partial charge in [-0.3, -0.25) is 4.79 Å². The summed E-state index contributed by atoms with van der Waals surface area (Å²) in [4.78, 5) is 26.7. The highest BCUT2D eigenvalue weighted by molar-refractivity contribution is 5.72. The van der Waals surface area contributed by atoms with Crippen LogP contribution in [-0.4, -0.2) is 74.0 Å². The van der Waals surface area contributed by atoms with Crippen LogP contribution in [0.1, 0.15) is 80.1 Å². The zero-order valence-corrected chi connectivity index (χ0v) is 21.5. The summed E-state index contributed by atoms with van der Waals surface area (Å²) in [7, 11) is 0. The summed E-state index contributed by atoms with van der Waals surface area (Å²) < 4.78 is 28.5. The van der Waals surface area contributed by atoms with Gasteiger partial charge in [0.05, 0.1) is 37.4 Å². The van der Waals surface area contributed by atoms with Crippen LogP contribution < -0.4 is 0 Å². The van der Waals surface area contributed by atoms with Crippen molar-refractivity contribution in [2.24, 2.45) is 11.8 Å². The molecule has 2 fully saturated rings. The molecule has 1 saturated heterocycles. The van der Waals surface area contributed by atoms with Crippen molar-refractivity contribution in [2.45, 2.75) is 104 Å². The summed E-state index contributed by atoms with van der Waals surface area (Å²) in [6.07, 6.45) is 5.02. The van der Waals surface area contributed by atoms with Crippen LogP contribution in [0.4, 0.5) is 4.79 Å². The predicted octanol–water partition coefficient (Wildman–Crippen LogP) is 4.54. The minimum absolute atomic E-state index is 0.0803. The highest BCUT2D eigenvalue weighted by atomic mass is 16.7. The number of esters is 1. The van der Waals surface area contributed by atoms with Gasteiger partial charge in [0.1, 0.15) is 12.4 Å². The first-order valence-corrected chi connectivity index (χ1v) is 12.6. The third kappa shape index (κ3) is 9.06. The Morgan fingerprint density at radius 3 is 2.30 bits per heavy atom. The second-order valence-electron chi connectivity index (χ2n) is 10.1. The van der Waals surface area contributed by atoms with Gasteiger partial charge in [-0.05, 0) is 79.1 Å². The van der Waals surface area contributed by atoms with Crippen molar-refractivity contribution in [3.63, 3.8) is 0 Å². The van der Waals surface area contributed by atoms with Crippen molar-refractivity contribution in [1.82, 2.24) is 4.90 Å². The van der Waals surface area contributed by atoms with E-state index >= 15 is 0 Å². The molecule has 0 aromatic rings. The van der Waals surface area contributed by atoms with Gasteiger partial charge in [-0.2, -0.15) is 0 Å². The average molecular weight is 472 g/mol. The number of likely N-dealkylation sites (tertiary alicyclic amines) is 1. The number of carbonyl (C=O) groups is 2. The third-order valence-corrected chi connectivity index (χ3v) is 6.50. The lowest BCUT2D eigenvalue weighted by molar-refractivity contribution is -0.151. The fourth-order valence-corrected chi connectivity index (χ4v) is 4.64. The summed E-state index contributed by atoms with van der Waals surface area (Å²) >= 11 is 0. The van der Waals surface area contributed by atoms with Crippen molar-refractivity contribution in [3.05, 3.63) is 0 Å². The first kappa shape index (κ1) is 27.9. The van der Waals surface area contributed by atoms with Crippen LogP contribution in [0, 0.1) is 11.8 Å². The van der Waals surface area contributed by atoms with E-state index in [1.807, 2.05) is 41.5 Å². The molecule has 0 N–H and O–H groups in total. The zero-order chi connectivity index (χ0) is 24.4. The monoisotopic (exact) mass is 471 g/mol. The molecule has 0 spiro atoms. The molecule has 192 valence electrons. The Bertz CT molecular complexity index is 598. The number of carbonyl (C=O) groups excluding carboxylic acids is 2. The van der Waals surface area contributed by atoms with Gasteiger partial charge in [0.2, 0.25) is 0 Å². The van der Waals surface area contributed by atoms with E-state index in [1.165, 1.54) is 0 Å². The molecular weight excluding hydrogens is 426 g/mol. The third-order valence-electron chi connectivity index (χ3n) is 6.50. The second-order valence-corrected chi connectivity index (χ2v) is 10.1. The summed E-state index contributed by atoms with van der Waals surface area (Å²) in [5.41, 5.74) is -0.560. The first-order chi connectivity index (χ1) is 15.7. The maximum Gasteiger partial charge on any atom is 0.410 e. The Kier molecular flexibility index (Phi) is 11.4. The number of piperidine rings is 1. The lowest BCUT2D eigenvalue weighted by atomic mass is 9.79. The molecule has 1 heterocycles. The van der Waals surface area contributed by atoms with Gasteiger partial charge in [-0.25, -0.2) is 4.79 Å². The van der Waals surface area contributed by atoms with Crippen LogP contribution >= 0.6 is 0 Å². The molecular formula is C25H45NO7. The van der Waals surface area contributed by atoms with E-state index in [4.69, 9.17) is 23.7 Å². The molecule has 3 unspecified atom stereocenters. The van der Waals surface area contributed by atoms with Crippen LogP contribution in [0.15, 0.2) is 0 Å². The molecule has 3 atom stereocenters. The van der Waals surface area contributed by atoms with Gasteiger partial charge < -0.3 is 28.6 Å². The van der Waals surface area contributed by atoms with E-state index in [1.54, 1.807) is 4.90 Å². The minimum Gasteiger partial charge on any atom is -0.466 e. The van der Waals surface area contributed by atoms with Crippen LogP contribution in [0.2, 0.25) is 0 Å². The number of hydrogen-bond donors (Lipinski definition) is 0. The number of rotatable bonds is 10. The van der Waals surface area contributed by atoms with Crippen molar-refractivity contribution in [1.29, 1.82) is 0 Å². The summed E-state index contributed by atoms with van der Waals surface area (Å²) in [5, 5.41) is 0. The van der Waals surface area contributed by atoms with Gasteiger partial charge in [-0.1, -0.05) is 6.92 Å². The second kappa shape index (κ2) is 13.5. The predicted molar refractivity (Wildman–Crippen MR) is 125 cm³/mol. The van der Waals surface area contributed by atoms with E-state index in [-0.39, 0.29) is 43.0 Å². The van der Waals surface area contributed by atoms with Gasteiger partial charge in [0.15, 0.2) is 0 Å².